The number of nitrogens with one attached hydrogen (secondary N) is 1. The standard InChI is InChI=1S/C17H20N2O/c1-12-8-9-16(13(2)10-12)19-17(20)15(18)11-14-6-4-3-5-7-14/h3-10,15H,11,18H2,1-2H3,(H,19,20)/t15-/m1/s1. The quantitative estimate of drug-likeness (QED) is 0.896. The molecular formula is C17H20N2O. The van der Waals surface area contributed by atoms with E-state index in [0.717, 1.165) is 16.8 Å². The summed E-state index contributed by atoms with van der Waals surface area (Å²) in [4.78, 5) is 12.1. The summed E-state index contributed by atoms with van der Waals surface area (Å²) in [6.45, 7) is 4.01. The van der Waals surface area contributed by atoms with E-state index in [1.165, 1.54) is 5.56 Å². The molecule has 104 valence electrons. The van der Waals surface area contributed by atoms with E-state index < -0.39 is 6.04 Å². The summed E-state index contributed by atoms with van der Waals surface area (Å²) in [5.74, 6) is -0.152. The van der Waals surface area contributed by atoms with Crippen molar-refractivity contribution in [1.82, 2.24) is 0 Å². The fourth-order valence-corrected chi connectivity index (χ4v) is 2.14. The lowest BCUT2D eigenvalue weighted by Gasteiger charge is -2.14. The molecule has 0 bridgehead atoms. The van der Waals surface area contributed by atoms with Crippen LogP contribution in [0.15, 0.2) is 48.5 Å². The second-order valence-corrected chi connectivity index (χ2v) is 5.10. The molecule has 0 saturated carbocycles. The lowest BCUT2D eigenvalue weighted by Crippen LogP contribution is -2.37. The first-order valence-corrected chi connectivity index (χ1v) is 6.74. The number of carbonyl (C=O) groups is 1. The van der Waals surface area contributed by atoms with Crippen LogP contribution in [0.4, 0.5) is 5.69 Å². The predicted octanol–water partition coefficient (Wildman–Crippen LogP) is 2.81. The van der Waals surface area contributed by atoms with Gasteiger partial charge >= 0.3 is 0 Å². The number of carbonyl (C=O) groups excluding carboxylic acids is 1. The third kappa shape index (κ3) is 3.68. The Kier molecular flexibility index (Phi) is 4.53. The number of benzene rings is 2. The van der Waals surface area contributed by atoms with E-state index in [1.54, 1.807) is 0 Å². The van der Waals surface area contributed by atoms with Crippen LogP contribution < -0.4 is 11.1 Å². The van der Waals surface area contributed by atoms with Crippen LogP contribution in [0, 0.1) is 13.8 Å². The third-order valence-corrected chi connectivity index (χ3v) is 3.27. The molecule has 0 heterocycles. The highest BCUT2D eigenvalue weighted by molar-refractivity contribution is 5.95. The smallest absolute Gasteiger partial charge is 0.241 e. The summed E-state index contributed by atoms with van der Waals surface area (Å²) in [5, 5.41) is 2.89. The van der Waals surface area contributed by atoms with Crippen molar-refractivity contribution in [2.24, 2.45) is 5.73 Å². The van der Waals surface area contributed by atoms with Crippen LogP contribution in [0.2, 0.25) is 0 Å². The van der Waals surface area contributed by atoms with Gasteiger partial charge in [-0.2, -0.15) is 0 Å². The molecule has 2 aromatic rings. The predicted molar refractivity (Wildman–Crippen MR) is 82.7 cm³/mol. The second-order valence-electron chi connectivity index (χ2n) is 5.10. The maximum atomic E-state index is 12.1. The van der Waals surface area contributed by atoms with E-state index in [-0.39, 0.29) is 5.91 Å². The zero-order valence-electron chi connectivity index (χ0n) is 11.9. The van der Waals surface area contributed by atoms with E-state index in [2.05, 4.69) is 5.32 Å². The summed E-state index contributed by atoms with van der Waals surface area (Å²) in [6, 6.07) is 15.2. The van der Waals surface area contributed by atoms with Crippen molar-refractivity contribution in [2.45, 2.75) is 26.3 Å². The minimum atomic E-state index is -0.543. The Morgan fingerprint density at radius 3 is 2.50 bits per heavy atom. The third-order valence-electron chi connectivity index (χ3n) is 3.27. The number of anilines is 1. The molecule has 0 radical (unpaired) electrons. The van der Waals surface area contributed by atoms with E-state index in [9.17, 15) is 4.79 Å². The Labute approximate surface area is 119 Å². The minimum absolute atomic E-state index is 0.152. The molecule has 1 amide bonds. The first-order chi connectivity index (χ1) is 9.56. The minimum Gasteiger partial charge on any atom is -0.324 e. The Bertz CT molecular complexity index is 593. The highest BCUT2D eigenvalue weighted by Crippen LogP contribution is 2.16. The number of hydrogen-bond donors (Lipinski definition) is 2. The molecular weight excluding hydrogens is 248 g/mol. The zero-order chi connectivity index (χ0) is 14.5. The Balaban J connectivity index is 2.01. The maximum absolute atomic E-state index is 12.1. The van der Waals surface area contributed by atoms with Crippen LogP contribution in [0.3, 0.4) is 0 Å². The topological polar surface area (TPSA) is 55.1 Å². The lowest BCUT2D eigenvalue weighted by atomic mass is 10.1. The van der Waals surface area contributed by atoms with Crippen molar-refractivity contribution in [3.05, 3.63) is 65.2 Å². The Morgan fingerprint density at radius 2 is 1.85 bits per heavy atom. The first-order valence-electron chi connectivity index (χ1n) is 6.74. The van der Waals surface area contributed by atoms with Crippen LogP contribution >= 0.6 is 0 Å². The number of amides is 1. The molecule has 3 heteroatoms. The molecule has 0 fully saturated rings. The molecule has 0 saturated heterocycles. The molecule has 20 heavy (non-hydrogen) atoms. The second kappa shape index (κ2) is 6.35. The Morgan fingerprint density at radius 1 is 1.15 bits per heavy atom. The van der Waals surface area contributed by atoms with Crippen LogP contribution in [0.5, 0.6) is 0 Å². The Hall–Kier alpha value is -2.13. The van der Waals surface area contributed by atoms with Gasteiger partial charge in [-0.05, 0) is 37.5 Å². The average Bonchev–Trinajstić information content (AvgIpc) is 2.43. The van der Waals surface area contributed by atoms with Gasteiger partial charge in [0.15, 0.2) is 0 Å². The molecule has 0 aliphatic carbocycles. The summed E-state index contributed by atoms with van der Waals surface area (Å²) in [7, 11) is 0. The molecule has 2 rings (SSSR count). The number of rotatable bonds is 4. The molecule has 0 aliphatic heterocycles. The zero-order valence-corrected chi connectivity index (χ0v) is 11.9. The van der Waals surface area contributed by atoms with Gasteiger partial charge in [-0.3, -0.25) is 4.79 Å². The van der Waals surface area contributed by atoms with Gasteiger partial charge in [-0.1, -0.05) is 48.0 Å². The van der Waals surface area contributed by atoms with Gasteiger partial charge in [-0.25, -0.2) is 0 Å². The van der Waals surface area contributed by atoms with Crippen LogP contribution in [-0.4, -0.2) is 11.9 Å². The molecule has 1 atom stereocenters. The number of nitrogens with two attached hydrogens (primary N) is 1. The van der Waals surface area contributed by atoms with Crippen molar-refractivity contribution < 1.29 is 4.79 Å². The average molecular weight is 268 g/mol. The van der Waals surface area contributed by atoms with E-state index in [4.69, 9.17) is 5.73 Å². The molecule has 0 unspecified atom stereocenters. The van der Waals surface area contributed by atoms with E-state index in [1.807, 2.05) is 62.4 Å². The normalized spacial score (nSPS) is 11.9. The van der Waals surface area contributed by atoms with E-state index in [0.29, 0.717) is 6.42 Å². The van der Waals surface area contributed by atoms with Crippen molar-refractivity contribution in [3.8, 4) is 0 Å². The molecule has 0 aromatic heterocycles. The summed E-state index contributed by atoms with van der Waals surface area (Å²) in [5.41, 5.74) is 10.1. The van der Waals surface area contributed by atoms with Gasteiger partial charge in [0.2, 0.25) is 5.91 Å². The van der Waals surface area contributed by atoms with Crippen LogP contribution in [-0.2, 0) is 11.2 Å². The van der Waals surface area contributed by atoms with Crippen LogP contribution in [0.25, 0.3) is 0 Å². The maximum Gasteiger partial charge on any atom is 0.241 e. The van der Waals surface area contributed by atoms with E-state index >= 15 is 0 Å². The van der Waals surface area contributed by atoms with Gasteiger partial charge in [0, 0.05) is 5.69 Å². The van der Waals surface area contributed by atoms with Crippen molar-refractivity contribution in [2.75, 3.05) is 5.32 Å². The van der Waals surface area contributed by atoms with Gasteiger partial charge in [-0.15, -0.1) is 0 Å². The van der Waals surface area contributed by atoms with Gasteiger partial charge in [0.05, 0.1) is 6.04 Å². The summed E-state index contributed by atoms with van der Waals surface area (Å²) >= 11 is 0. The van der Waals surface area contributed by atoms with Crippen molar-refractivity contribution in [3.63, 3.8) is 0 Å². The molecule has 0 aliphatic rings. The SMILES string of the molecule is Cc1ccc(NC(=O)[C@H](N)Cc2ccccc2)c(C)c1. The van der Waals surface area contributed by atoms with Crippen molar-refractivity contribution in [1.29, 1.82) is 0 Å². The lowest BCUT2D eigenvalue weighted by molar-refractivity contribution is -0.117. The largest absolute Gasteiger partial charge is 0.324 e. The van der Waals surface area contributed by atoms with Gasteiger partial charge in [0.25, 0.3) is 0 Å². The van der Waals surface area contributed by atoms with Crippen LogP contribution in [0.1, 0.15) is 16.7 Å². The fraction of sp³-hybridized carbons (Fsp3) is 0.235. The summed E-state index contributed by atoms with van der Waals surface area (Å²) < 4.78 is 0. The number of aryl methyl sites for hydroxylation is 2. The van der Waals surface area contributed by atoms with Gasteiger partial charge < -0.3 is 11.1 Å². The van der Waals surface area contributed by atoms with Crippen molar-refractivity contribution >= 4 is 11.6 Å². The summed E-state index contributed by atoms with van der Waals surface area (Å²) in [6.07, 6.45) is 0.539. The monoisotopic (exact) mass is 268 g/mol. The molecule has 2 aromatic carbocycles. The molecule has 0 spiro atoms. The first kappa shape index (κ1) is 14.3. The molecule has 3 nitrogen and oxygen atoms in total. The fourth-order valence-electron chi connectivity index (χ4n) is 2.14. The highest BCUT2D eigenvalue weighted by Gasteiger charge is 2.14. The molecule has 3 N–H and O–H groups in total. The highest BCUT2D eigenvalue weighted by atomic mass is 16.2. The van der Waals surface area contributed by atoms with Gasteiger partial charge in [0.1, 0.15) is 0 Å². The number of hydrogen-bond acceptors (Lipinski definition) is 2.